The number of aromatic nitrogens is 4. The first kappa shape index (κ1) is 18.8. The molecule has 6 rings (SSSR count). The fourth-order valence-corrected chi connectivity index (χ4v) is 4.54. The van der Waals surface area contributed by atoms with E-state index in [1.54, 1.807) is 10.7 Å². The van der Waals surface area contributed by atoms with Crippen molar-refractivity contribution >= 4 is 28.7 Å². The highest BCUT2D eigenvalue weighted by Crippen LogP contribution is 2.28. The van der Waals surface area contributed by atoms with Crippen molar-refractivity contribution in [2.24, 2.45) is 0 Å². The molecule has 4 aromatic rings. The van der Waals surface area contributed by atoms with Gasteiger partial charge in [0.05, 0.1) is 11.9 Å². The fourth-order valence-electron chi connectivity index (χ4n) is 4.54. The van der Waals surface area contributed by atoms with Crippen LogP contribution < -0.4 is 15.5 Å². The molecule has 2 aliphatic rings. The second-order valence-electron chi connectivity index (χ2n) is 8.26. The number of anilines is 3. The van der Waals surface area contributed by atoms with E-state index in [1.807, 2.05) is 18.2 Å². The van der Waals surface area contributed by atoms with Crippen molar-refractivity contribution in [3.05, 3.63) is 66.1 Å². The minimum absolute atomic E-state index is 0.0265. The van der Waals surface area contributed by atoms with Gasteiger partial charge in [-0.05, 0) is 61.2 Å². The normalized spacial score (nSPS) is 15.6. The Balaban J connectivity index is 1.29. The summed E-state index contributed by atoms with van der Waals surface area (Å²) in [6, 6.07) is 14.3. The molecule has 4 heterocycles. The van der Waals surface area contributed by atoms with Crippen molar-refractivity contribution < 1.29 is 4.79 Å². The summed E-state index contributed by atoms with van der Waals surface area (Å²) in [4.78, 5) is 23.4. The average Bonchev–Trinajstić information content (AvgIpc) is 3.48. The highest BCUT2D eigenvalue weighted by Gasteiger charge is 2.20. The standard InChI is InChI=1S/C24H23N7O/c32-24-20-9-4-16(12-17(20)13-26-24)21-14-25-22(23-27-15-28-31(21)23)29-18-5-7-19(8-6-18)30-10-2-1-3-11-30/h4-9,12,14-15H,1-3,10-11,13H2,(H,25,29)(H,26,32). The van der Waals surface area contributed by atoms with Gasteiger partial charge in [0.15, 0.2) is 11.5 Å². The number of rotatable bonds is 4. The Bertz CT molecular complexity index is 1310. The predicted octanol–water partition coefficient (Wildman–Crippen LogP) is 3.77. The lowest BCUT2D eigenvalue weighted by Crippen LogP contribution is -2.29. The quantitative estimate of drug-likeness (QED) is 0.518. The molecule has 2 aromatic carbocycles. The van der Waals surface area contributed by atoms with Crippen LogP contribution in [0.25, 0.3) is 16.9 Å². The maximum Gasteiger partial charge on any atom is 0.251 e. The highest BCUT2D eigenvalue weighted by molar-refractivity contribution is 5.98. The third-order valence-corrected chi connectivity index (χ3v) is 6.24. The number of carbonyl (C=O) groups is 1. The maximum atomic E-state index is 11.9. The fraction of sp³-hybridized carbons (Fsp3) is 0.250. The predicted molar refractivity (Wildman–Crippen MR) is 123 cm³/mol. The SMILES string of the molecule is O=C1NCc2cc(-c3cnc(Nc4ccc(N5CCCCC5)cc4)c4ncnn34)ccc21. The van der Waals surface area contributed by atoms with Gasteiger partial charge in [-0.1, -0.05) is 6.07 Å². The van der Waals surface area contributed by atoms with Gasteiger partial charge in [-0.15, -0.1) is 0 Å². The van der Waals surface area contributed by atoms with Crippen LogP contribution in [0.4, 0.5) is 17.2 Å². The van der Waals surface area contributed by atoms with E-state index in [2.05, 4.69) is 54.9 Å². The number of hydrogen-bond acceptors (Lipinski definition) is 6. The molecular formula is C24H23N7O. The molecule has 8 nitrogen and oxygen atoms in total. The van der Waals surface area contributed by atoms with E-state index in [0.29, 0.717) is 18.0 Å². The highest BCUT2D eigenvalue weighted by atomic mass is 16.1. The van der Waals surface area contributed by atoms with Gasteiger partial charge in [-0.3, -0.25) is 4.79 Å². The van der Waals surface area contributed by atoms with Crippen LogP contribution >= 0.6 is 0 Å². The Morgan fingerprint density at radius 1 is 0.969 bits per heavy atom. The van der Waals surface area contributed by atoms with Crippen molar-refractivity contribution in [3.8, 4) is 11.3 Å². The first-order valence-electron chi connectivity index (χ1n) is 11.0. The third kappa shape index (κ3) is 3.24. The molecule has 2 aliphatic heterocycles. The largest absolute Gasteiger partial charge is 0.372 e. The van der Waals surface area contributed by atoms with E-state index in [0.717, 1.165) is 41.2 Å². The molecule has 0 radical (unpaired) electrons. The summed E-state index contributed by atoms with van der Waals surface area (Å²) in [7, 11) is 0. The minimum atomic E-state index is -0.0265. The summed E-state index contributed by atoms with van der Waals surface area (Å²) in [6.45, 7) is 2.80. The molecule has 0 atom stereocenters. The van der Waals surface area contributed by atoms with E-state index in [4.69, 9.17) is 0 Å². The Kier molecular flexibility index (Phi) is 4.49. The number of nitrogens with one attached hydrogen (secondary N) is 2. The molecule has 0 aliphatic carbocycles. The van der Waals surface area contributed by atoms with Crippen molar-refractivity contribution in [1.82, 2.24) is 24.9 Å². The zero-order chi connectivity index (χ0) is 21.5. The summed E-state index contributed by atoms with van der Waals surface area (Å²) < 4.78 is 1.78. The smallest absolute Gasteiger partial charge is 0.251 e. The number of fused-ring (bicyclic) bond motifs is 2. The van der Waals surface area contributed by atoms with E-state index in [1.165, 1.54) is 31.3 Å². The van der Waals surface area contributed by atoms with Crippen molar-refractivity contribution in [3.63, 3.8) is 0 Å². The summed E-state index contributed by atoms with van der Waals surface area (Å²) >= 11 is 0. The van der Waals surface area contributed by atoms with Gasteiger partial charge < -0.3 is 15.5 Å². The average molecular weight is 425 g/mol. The van der Waals surface area contributed by atoms with Crippen LogP contribution in [-0.4, -0.2) is 38.6 Å². The minimum Gasteiger partial charge on any atom is -0.372 e. The van der Waals surface area contributed by atoms with Crippen LogP contribution in [0.1, 0.15) is 35.2 Å². The van der Waals surface area contributed by atoms with Gasteiger partial charge in [0, 0.05) is 42.1 Å². The molecule has 8 heteroatoms. The third-order valence-electron chi connectivity index (χ3n) is 6.24. The van der Waals surface area contributed by atoms with Crippen molar-refractivity contribution in [2.45, 2.75) is 25.8 Å². The van der Waals surface area contributed by atoms with Crippen LogP contribution in [-0.2, 0) is 6.54 Å². The Hall–Kier alpha value is -3.94. The molecule has 1 saturated heterocycles. The molecule has 160 valence electrons. The van der Waals surface area contributed by atoms with Crippen molar-refractivity contribution in [1.29, 1.82) is 0 Å². The first-order valence-corrected chi connectivity index (χ1v) is 11.0. The van der Waals surface area contributed by atoms with Gasteiger partial charge in [0.25, 0.3) is 5.91 Å². The molecule has 0 bridgehead atoms. The van der Waals surface area contributed by atoms with Gasteiger partial charge in [0.1, 0.15) is 6.33 Å². The number of hydrogen-bond donors (Lipinski definition) is 2. The van der Waals surface area contributed by atoms with E-state index < -0.39 is 0 Å². The lowest BCUT2D eigenvalue weighted by atomic mass is 10.0. The van der Waals surface area contributed by atoms with E-state index in [-0.39, 0.29) is 5.91 Å². The summed E-state index contributed by atoms with van der Waals surface area (Å²) in [5.41, 5.74) is 6.34. The molecular weight excluding hydrogens is 402 g/mol. The lowest BCUT2D eigenvalue weighted by Gasteiger charge is -2.28. The van der Waals surface area contributed by atoms with Crippen LogP contribution in [0.5, 0.6) is 0 Å². The second-order valence-corrected chi connectivity index (χ2v) is 8.26. The number of benzene rings is 2. The summed E-state index contributed by atoms with van der Waals surface area (Å²) in [5.74, 6) is 0.622. The number of carbonyl (C=O) groups excluding carboxylic acids is 1. The van der Waals surface area contributed by atoms with Crippen LogP contribution in [0.2, 0.25) is 0 Å². The Labute approximate surface area is 185 Å². The zero-order valence-corrected chi connectivity index (χ0v) is 17.6. The van der Waals surface area contributed by atoms with E-state index in [9.17, 15) is 4.79 Å². The lowest BCUT2D eigenvalue weighted by molar-refractivity contribution is 0.0966. The zero-order valence-electron chi connectivity index (χ0n) is 17.6. The summed E-state index contributed by atoms with van der Waals surface area (Å²) in [5, 5.41) is 10.7. The maximum absolute atomic E-state index is 11.9. The second kappa shape index (κ2) is 7.64. The molecule has 32 heavy (non-hydrogen) atoms. The topological polar surface area (TPSA) is 87.5 Å². The summed E-state index contributed by atoms with van der Waals surface area (Å²) in [6.07, 6.45) is 7.17. The number of piperidine rings is 1. The van der Waals surface area contributed by atoms with E-state index >= 15 is 0 Å². The first-order chi connectivity index (χ1) is 15.8. The monoisotopic (exact) mass is 425 g/mol. The van der Waals surface area contributed by atoms with Crippen LogP contribution in [0.15, 0.2) is 55.0 Å². The molecule has 2 N–H and O–H groups in total. The van der Waals surface area contributed by atoms with Gasteiger partial charge in [-0.2, -0.15) is 5.10 Å². The van der Waals surface area contributed by atoms with Gasteiger partial charge >= 0.3 is 0 Å². The van der Waals surface area contributed by atoms with Crippen LogP contribution in [0.3, 0.4) is 0 Å². The van der Waals surface area contributed by atoms with Crippen LogP contribution in [0, 0.1) is 0 Å². The van der Waals surface area contributed by atoms with Gasteiger partial charge in [0.2, 0.25) is 0 Å². The van der Waals surface area contributed by atoms with Gasteiger partial charge in [-0.25, -0.2) is 14.5 Å². The Morgan fingerprint density at radius 2 is 1.81 bits per heavy atom. The molecule has 0 saturated carbocycles. The molecule has 0 spiro atoms. The molecule has 0 unspecified atom stereocenters. The number of amides is 1. The molecule has 2 aromatic heterocycles. The Morgan fingerprint density at radius 3 is 2.66 bits per heavy atom. The molecule has 1 fully saturated rings. The van der Waals surface area contributed by atoms with Crippen molar-refractivity contribution in [2.75, 3.05) is 23.3 Å². The molecule has 1 amide bonds. The number of nitrogens with zero attached hydrogens (tertiary/aromatic N) is 5.